The van der Waals surface area contributed by atoms with Crippen molar-refractivity contribution in [1.82, 2.24) is 4.90 Å². The molecule has 1 fully saturated rings. The minimum Gasteiger partial charge on any atom is -0.406 e. The summed E-state index contributed by atoms with van der Waals surface area (Å²) in [6, 6.07) is 6.20. The summed E-state index contributed by atoms with van der Waals surface area (Å²) < 4.78 is 45.6. The van der Waals surface area contributed by atoms with E-state index in [2.05, 4.69) is 9.64 Å². The Balaban J connectivity index is 1.95. The Labute approximate surface area is 128 Å². The summed E-state index contributed by atoms with van der Waals surface area (Å²) in [6.45, 7) is 2.06. The summed E-state index contributed by atoms with van der Waals surface area (Å²) in [5, 5.41) is 0. The molecule has 1 aliphatic rings. The highest BCUT2D eigenvalue weighted by Gasteiger charge is 2.31. The summed E-state index contributed by atoms with van der Waals surface area (Å²) in [5.74, 6) is -0.204. The van der Waals surface area contributed by atoms with E-state index in [1.54, 1.807) is 19.2 Å². The van der Waals surface area contributed by atoms with E-state index in [4.69, 9.17) is 10.5 Å². The number of methoxy groups -OCH3 is 1. The van der Waals surface area contributed by atoms with Gasteiger partial charge in [-0.25, -0.2) is 0 Å². The zero-order valence-corrected chi connectivity index (χ0v) is 12.5. The zero-order valence-electron chi connectivity index (χ0n) is 12.5. The van der Waals surface area contributed by atoms with Crippen LogP contribution in [0.25, 0.3) is 0 Å². The van der Waals surface area contributed by atoms with Gasteiger partial charge in [-0.05, 0) is 30.5 Å². The first kappa shape index (κ1) is 17.1. The quantitative estimate of drug-likeness (QED) is 0.906. The molecular formula is C15H21F3N2O2. The van der Waals surface area contributed by atoms with Gasteiger partial charge in [0.25, 0.3) is 0 Å². The van der Waals surface area contributed by atoms with Crippen LogP contribution in [0.5, 0.6) is 5.75 Å². The number of nitrogens with zero attached hydrogens (tertiary/aromatic N) is 1. The molecule has 7 heteroatoms. The van der Waals surface area contributed by atoms with Crippen molar-refractivity contribution in [3.63, 3.8) is 0 Å². The summed E-state index contributed by atoms with van der Waals surface area (Å²) >= 11 is 0. The Kier molecular flexibility index (Phi) is 5.66. The Bertz CT molecular complexity index is 465. The van der Waals surface area contributed by atoms with Crippen LogP contribution in [0.3, 0.4) is 0 Å². The van der Waals surface area contributed by atoms with E-state index in [0.717, 1.165) is 24.9 Å². The lowest BCUT2D eigenvalue weighted by molar-refractivity contribution is -0.274. The topological polar surface area (TPSA) is 47.7 Å². The number of piperidine rings is 1. The molecule has 0 saturated carbocycles. The molecule has 0 aromatic heterocycles. The second kappa shape index (κ2) is 7.30. The first-order chi connectivity index (χ1) is 10.4. The van der Waals surface area contributed by atoms with Gasteiger partial charge in [-0.1, -0.05) is 12.1 Å². The van der Waals surface area contributed by atoms with Gasteiger partial charge in [-0.15, -0.1) is 13.2 Å². The van der Waals surface area contributed by atoms with E-state index in [9.17, 15) is 13.2 Å². The first-order valence-corrected chi connectivity index (χ1v) is 7.23. The van der Waals surface area contributed by atoms with Crippen molar-refractivity contribution in [3.8, 4) is 5.75 Å². The van der Waals surface area contributed by atoms with Gasteiger partial charge in [-0.2, -0.15) is 0 Å². The van der Waals surface area contributed by atoms with Crippen LogP contribution in [-0.4, -0.2) is 43.6 Å². The summed E-state index contributed by atoms with van der Waals surface area (Å²) in [5.41, 5.74) is 6.75. The summed E-state index contributed by atoms with van der Waals surface area (Å²) in [4.78, 5) is 2.25. The lowest BCUT2D eigenvalue weighted by atomic mass is 9.98. The van der Waals surface area contributed by atoms with Gasteiger partial charge in [0, 0.05) is 32.8 Å². The van der Waals surface area contributed by atoms with Crippen LogP contribution in [-0.2, 0) is 11.3 Å². The molecule has 2 unspecified atom stereocenters. The molecular weight excluding hydrogens is 297 g/mol. The predicted octanol–water partition coefficient (Wildman–Crippen LogP) is 2.52. The number of alkyl halides is 3. The third kappa shape index (κ3) is 4.86. The van der Waals surface area contributed by atoms with Crippen molar-refractivity contribution in [1.29, 1.82) is 0 Å². The fraction of sp³-hybridized carbons (Fsp3) is 0.600. The molecule has 0 amide bonds. The number of hydrogen-bond donors (Lipinski definition) is 1. The highest BCUT2D eigenvalue weighted by molar-refractivity contribution is 5.27. The first-order valence-electron chi connectivity index (χ1n) is 7.23. The zero-order chi connectivity index (χ0) is 16.2. The average Bonchev–Trinajstić information content (AvgIpc) is 2.48. The Morgan fingerprint density at radius 1 is 1.27 bits per heavy atom. The minimum atomic E-state index is -4.66. The van der Waals surface area contributed by atoms with Gasteiger partial charge in [0.15, 0.2) is 0 Å². The van der Waals surface area contributed by atoms with Crippen LogP contribution in [0.4, 0.5) is 13.2 Å². The molecule has 0 aliphatic carbocycles. The largest absolute Gasteiger partial charge is 0.573 e. The van der Waals surface area contributed by atoms with E-state index in [0.29, 0.717) is 13.1 Å². The summed E-state index contributed by atoms with van der Waals surface area (Å²) in [7, 11) is 1.70. The molecule has 0 spiro atoms. The molecule has 1 aliphatic heterocycles. The van der Waals surface area contributed by atoms with Crippen LogP contribution in [0.2, 0.25) is 0 Å². The Morgan fingerprint density at radius 3 is 2.50 bits per heavy atom. The van der Waals surface area contributed by atoms with Crippen LogP contribution in [0, 0.1) is 0 Å². The highest BCUT2D eigenvalue weighted by atomic mass is 19.4. The molecule has 1 aromatic carbocycles. The maximum absolute atomic E-state index is 12.1. The fourth-order valence-electron chi connectivity index (χ4n) is 2.76. The number of ether oxygens (including phenoxy) is 2. The maximum Gasteiger partial charge on any atom is 0.573 e. The van der Waals surface area contributed by atoms with E-state index in [1.165, 1.54) is 12.1 Å². The van der Waals surface area contributed by atoms with Crippen LogP contribution < -0.4 is 10.5 Å². The number of benzene rings is 1. The lowest BCUT2D eigenvalue weighted by Gasteiger charge is -2.38. The van der Waals surface area contributed by atoms with Gasteiger partial charge in [0.2, 0.25) is 0 Å². The molecule has 2 rings (SSSR count). The molecule has 2 N–H and O–H groups in total. The van der Waals surface area contributed by atoms with Crippen molar-refractivity contribution in [2.75, 3.05) is 20.2 Å². The third-order valence-corrected chi connectivity index (χ3v) is 3.94. The van der Waals surface area contributed by atoms with E-state index in [-0.39, 0.29) is 17.9 Å². The van der Waals surface area contributed by atoms with E-state index >= 15 is 0 Å². The normalized spacial score (nSPS) is 23.5. The van der Waals surface area contributed by atoms with Crippen molar-refractivity contribution in [3.05, 3.63) is 29.8 Å². The van der Waals surface area contributed by atoms with Crippen molar-refractivity contribution >= 4 is 0 Å². The van der Waals surface area contributed by atoms with Gasteiger partial charge in [0.1, 0.15) is 5.75 Å². The second-order valence-electron chi connectivity index (χ2n) is 5.43. The van der Waals surface area contributed by atoms with Crippen molar-refractivity contribution < 1.29 is 22.6 Å². The lowest BCUT2D eigenvalue weighted by Crippen LogP contribution is -2.47. The van der Waals surface area contributed by atoms with Gasteiger partial charge < -0.3 is 15.2 Å². The second-order valence-corrected chi connectivity index (χ2v) is 5.43. The molecule has 4 nitrogen and oxygen atoms in total. The number of hydrogen-bond acceptors (Lipinski definition) is 4. The fourth-order valence-corrected chi connectivity index (χ4v) is 2.76. The van der Waals surface area contributed by atoms with Gasteiger partial charge in [0.05, 0.1) is 6.10 Å². The molecule has 1 aromatic rings. The van der Waals surface area contributed by atoms with Crippen molar-refractivity contribution in [2.24, 2.45) is 5.73 Å². The van der Waals surface area contributed by atoms with Crippen molar-refractivity contribution in [2.45, 2.75) is 37.9 Å². The number of halogens is 3. The molecule has 0 bridgehead atoms. The third-order valence-electron chi connectivity index (χ3n) is 3.94. The van der Waals surface area contributed by atoms with Crippen LogP contribution >= 0.6 is 0 Å². The number of likely N-dealkylation sites (tertiary alicyclic amines) is 1. The Hall–Kier alpha value is -1.31. The Morgan fingerprint density at radius 2 is 1.95 bits per heavy atom. The number of nitrogens with two attached hydrogens (primary N) is 1. The predicted molar refractivity (Wildman–Crippen MR) is 76.4 cm³/mol. The minimum absolute atomic E-state index is 0.204. The number of rotatable bonds is 5. The standard InChI is InChI=1S/C15H21F3N2O2/c1-21-14-6-7-20(12(8-14)9-19)10-11-2-4-13(5-3-11)22-15(16,17)18/h2-5,12,14H,6-10,19H2,1H3. The molecule has 0 radical (unpaired) electrons. The average molecular weight is 318 g/mol. The maximum atomic E-state index is 12.1. The van der Waals surface area contributed by atoms with E-state index < -0.39 is 6.36 Å². The monoisotopic (exact) mass is 318 g/mol. The molecule has 1 heterocycles. The van der Waals surface area contributed by atoms with Crippen LogP contribution in [0.1, 0.15) is 18.4 Å². The van der Waals surface area contributed by atoms with Gasteiger partial charge >= 0.3 is 6.36 Å². The molecule has 22 heavy (non-hydrogen) atoms. The van der Waals surface area contributed by atoms with E-state index in [1.807, 2.05) is 0 Å². The smallest absolute Gasteiger partial charge is 0.406 e. The summed E-state index contributed by atoms with van der Waals surface area (Å²) in [6.07, 6.45) is -2.62. The highest BCUT2D eigenvalue weighted by Crippen LogP contribution is 2.25. The molecule has 124 valence electrons. The van der Waals surface area contributed by atoms with Gasteiger partial charge in [-0.3, -0.25) is 4.90 Å². The SMILES string of the molecule is COC1CCN(Cc2ccc(OC(F)(F)F)cc2)C(CN)C1. The molecule has 2 atom stereocenters. The molecule has 1 saturated heterocycles. The van der Waals surface area contributed by atoms with Crippen LogP contribution in [0.15, 0.2) is 24.3 Å².